The Hall–Kier alpha value is -1.17. The SMILES string of the molecule is O=C(O[O-])C(F)(F)C(F)(F)OC(F)(F)C(F)(F)CCCCCC12CC3CC(CC(C3)C1)C2. The number of hydrogen-bond donors (Lipinski definition) is 0. The summed E-state index contributed by atoms with van der Waals surface area (Å²) in [5, 5.41) is 9.64. The van der Waals surface area contributed by atoms with Crippen LogP contribution in [0, 0.1) is 23.2 Å². The summed E-state index contributed by atoms with van der Waals surface area (Å²) in [5.41, 5.74) is 0.175. The molecule has 0 unspecified atom stereocenters. The fourth-order valence-corrected chi connectivity index (χ4v) is 6.24. The molecule has 0 aliphatic heterocycles. The Kier molecular flexibility index (Phi) is 6.81. The number of unbranched alkanes of at least 4 members (excludes halogenated alkanes) is 2. The van der Waals surface area contributed by atoms with Gasteiger partial charge >= 0.3 is 30.0 Å². The van der Waals surface area contributed by atoms with Crippen LogP contribution in [-0.4, -0.2) is 30.0 Å². The van der Waals surface area contributed by atoms with Gasteiger partial charge in [-0.2, -0.15) is 35.1 Å². The topological polar surface area (TPSA) is 58.6 Å². The van der Waals surface area contributed by atoms with E-state index in [0.717, 1.165) is 25.7 Å². The van der Waals surface area contributed by atoms with E-state index in [2.05, 4.69) is 9.62 Å². The van der Waals surface area contributed by atoms with Gasteiger partial charge in [0.25, 0.3) is 0 Å². The Morgan fingerprint density at radius 1 is 0.812 bits per heavy atom. The highest BCUT2D eigenvalue weighted by atomic mass is 19.3. The third-order valence-electron chi connectivity index (χ3n) is 7.24. The Balaban J connectivity index is 1.48. The van der Waals surface area contributed by atoms with Crippen LogP contribution in [0.3, 0.4) is 0 Å². The number of halogens is 8. The zero-order chi connectivity index (χ0) is 24.0. The van der Waals surface area contributed by atoms with Gasteiger partial charge in [-0.25, -0.2) is 9.53 Å². The molecule has 0 saturated heterocycles. The summed E-state index contributed by atoms with van der Waals surface area (Å²) < 4.78 is 110. The highest BCUT2D eigenvalue weighted by Crippen LogP contribution is 2.61. The molecule has 4 rings (SSSR count). The number of carbonyl (C=O) groups is 1. The molecule has 4 saturated carbocycles. The molecule has 0 aromatic rings. The van der Waals surface area contributed by atoms with Crippen LogP contribution in [0.2, 0.25) is 0 Å². The Morgan fingerprint density at radius 3 is 1.78 bits per heavy atom. The first-order chi connectivity index (χ1) is 14.6. The van der Waals surface area contributed by atoms with E-state index in [0.29, 0.717) is 24.2 Å². The first-order valence-corrected chi connectivity index (χ1v) is 10.7. The molecule has 12 heteroatoms. The standard InChI is InChI=1S/C20H26F8O4/c21-17(22,19(25,26)32-20(27,28)18(23,24)15(29)31-30)5-3-1-2-4-16-9-12-6-13(10-16)8-14(7-12)11-16/h12-14,30H,1-11H2/p-1. The molecule has 4 nitrogen and oxygen atoms in total. The largest absolute Gasteiger partial charge is 0.661 e. The zero-order valence-corrected chi connectivity index (χ0v) is 17.2. The van der Waals surface area contributed by atoms with Crippen LogP contribution in [0.25, 0.3) is 0 Å². The summed E-state index contributed by atoms with van der Waals surface area (Å²) >= 11 is 0. The lowest BCUT2D eigenvalue weighted by Crippen LogP contribution is -2.57. The average Bonchev–Trinajstić information content (AvgIpc) is 2.64. The molecular formula is C20H25F8O4-. The third-order valence-corrected chi connectivity index (χ3v) is 7.24. The lowest BCUT2D eigenvalue weighted by atomic mass is 9.48. The van der Waals surface area contributed by atoms with E-state index in [1.165, 1.54) is 19.3 Å². The second-order valence-electron chi connectivity index (χ2n) is 9.76. The van der Waals surface area contributed by atoms with Gasteiger partial charge in [-0.3, -0.25) is 0 Å². The third kappa shape index (κ3) is 4.85. The van der Waals surface area contributed by atoms with Crippen LogP contribution in [0.5, 0.6) is 0 Å². The van der Waals surface area contributed by atoms with Crippen LogP contribution in [-0.2, 0) is 14.4 Å². The van der Waals surface area contributed by atoms with Crippen LogP contribution >= 0.6 is 0 Å². The van der Waals surface area contributed by atoms with Crippen LogP contribution in [0.4, 0.5) is 35.1 Å². The Bertz CT molecular complexity index is 662. The van der Waals surface area contributed by atoms with Crippen molar-refractivity contribution in [2.75, 3.05) is 0 Å². The van der Waals surface area contributed by atoms with Gasteiger partial charge in [0.1, 0.15) is 0 Å². The molecule has 4 aliphatic carbocycles. The van der Waals surface area contributed by atoms with E-state index in [-0.39, 0.29) is 11.8 Å². The fourth-order valence-electron chi connectivity index (χ4n) is 6.24. The minimum atomic E-state index is -6.39. The van der Waals surface area contributed by atoms with Crippen molar-refractivity contribution in [1.29, 1.82) is 0 Å². The van der Waals surface area contributed by atoms with E-state index in [4.69, 9.17) is 0 Å². The monoisotopic (exact) mass is 481 g/mol. The van der Waals surface area contributed by atoms with Crippen molar-refractivity contribution in [3.63, 3.8) is 0 Å². The highest BCUT2D eigenvalue weighted by Gasteiger charge is 2.72. The molecule has 0 aromatic carbocycles. The van der Waals surface area contributed by atoms with Crippen molar-refractivity contribution in [3.8, 4) is 0 Å². The normalized spacial score (nSPS) is 30.6. The maximum atomic E-state index is 13.8. The van der Waals surface area contributed by atoms with Crippen molar-refractivity contribution < 1.29 is 54.8 Å². The Labute approximate surface area is 179 Å². The summed E-state index contributed by atoms with van der Waals surface area (Å²) in [4.78, 5) is 12.6. The van der Waals surface area contributed by atoms with Gasteiger partial charge in [-0.15, -0.1) is 0 Å². The van der Waals surface area contributed by atoms with Crippen molar-refractivity contribution in [3.05, 3.63) is 0 Å². The molecule has 0 heterocycles. The van der Waals surface area contributed by atoms with Crippen molar-refractivity contribution in [1.82, 2.24) is 0 Å². The lowest BCUT2D eigenvalue weighted by molar-refractivity contribution is -0.661. The number of ether oxygens (including phenoxy) is 1. The molecule has 0 N–H and O–H groups in total. The van der Waals surface area contributed by atoms with Crippen LogP contribution in [0.1, 0.15) is 70.6 Å². The Morgan fingerprint density at radius 2 is 1.31 bits per heavy atom. The van der Waals surface area contributed by atoms with Crippen LogP contribution < -0.4 is 5.26 Å². The fraction of sp³-hybridized carbons (Fsp3) is 0.950. The maximum absolute atomic E-state index is 13.8. The molecule has 0 atom stereocenters. The number of hydrogen-bond acceptors (Lipinski definition) is 4. The van der Waals surface area contributed by atoms with Gasteiger partial charge in [-0.05, 0) is 74.5 Å². The smallest absolute Gasteiger partial charge is 0.435 e. The van der Waals surface area contributed by atoms with Gasteiger partial charge in [0.2, 0.25) is 0 Å². The minimum Gasteiger partial charge on any atom is -0.661 e. The molecule has 0 amide bonds. The van der Waals surface area contributed by atoms with Gasteiger partial charge < -0.3 is 10.1 Å². The molecule has 4 fully saturated rings. The molecule has 0 spiro atoms. The van der Waals surface area contributed by atoms with Crippen molar-refractivity contribution in [2.24, 2.45) is 23.2 Å². The number of rotatable bonds is 11. The van der Waals surface area contributed by atoms with E-state index in [9.17, 15) is 45.2 Å². The van der Waals surface area contributed by atoms with Crippen LogP contribution in [0.15, 0.2) is 0 Å². The van der Waals surface area contributed by atoms with Crippen molar-refractivity contribution >= 4 is 5.97 Å². The van der Waals surface area contributed by atoms with E-state index in [1.807, 2.05) is 0 Å². The summed E-state index contributed by atoms with van der Waals surface area (Å²) in [5.74, 6) is -12.7. The number of carbonyl (C=O) groups excluding carboxylic acids is 1. The molecule has 4 aliphatic rings. The first kappa shape index (κ1) is 25.5. The second-order valence-corrected chi connectivity index (χ2v) is 9.76. The summed E-state index contributed by atoms with van der Waals surface area (Å²) in [6.07, 6.45) is -6.01. The predicted molar refractivity (Wildman–Crippen MR) is 90.7 cm³/mol. The molecule has 32 heavy (non-hydrogen) atoms. The van der Waals surface area contributed by atoms with Gasteiger partial charge in [-0.1, -0.05) is 12.8 Å². The quantitative estimate of drug-likeness (QED) is 0.171. The van der Waals surface area contributed by atoms with E-state index < -0.39 is 42.9 Å². The second kappa shape index (κ2) is 8.56. The number of alkyl halides is 8. The molecule has 4 bridgehead atoms. The molecule has 0 radical (unpaired) electrons. The highest BCUT2D eigenvalue weighted by molar-refractivity contribution is 5.77. The summed E-state index contributed by atoms with van der Waals surface area (Å²) in [6, 6.07) is 0. The van der Waals surface area contributed by atoms with Crippen molar-refractivity contribution in [2.45, 2.75) is 94.7 Å². The summed E-state index contributed by atoms with van der Waals surface area (Å²) in [7, 11) is 0. The summed E-state index contributed by atoms with van der Waals surface area (Å²) in [6.45, 7) is 0. The minimum absolute atomic E-state index is 0.141. The average molecular weight is 481 g/mol. The molecular weight excluding hydrogens is 456 g/mol. The zero-order valence-electron chi connectivity index (χ0n) is 17.2. The van der Waals surface area contributed by atoms with E-state index >= 15 is 0 Å². The maximum Gasteiger partial charge on any atom is 0.435 e. The van der Waals surface area contributed by atoms with Gasteiger partial charge in [0, 0.05) is 6.42 Å². The lowest BCUT2D eigenvalue weighted by Gasteiger charge is -2.57. The first-order valence-electron chi connectivity index (χ1n) is 10.7. The van der Waals surface area contributed by atoms with Gasteiger partial charge in [0.05, 0.1) is 0 Å². The molecule has 0 aromatic heterocycles. The molecule has 186 valence electrons. The van der Waals surface area contributed by atoms with E-state index in [1.54, 1.807) is 0 Å². The van der Waals surface area contributed by atoms with Gasteiger partial charge in [0.15, 0.2) is 0 Å². The predicted octanol–water partition coefficient (Wildman–Crippen LogP) is 5.44.